The third-order valence-electron chi connectivity index (χ3n) is 3.81. The number of anilines is 1. The number of amides is 4. The normalized spacial score (nSPS) is 13.5. The first kappa shape index (κ1) is 20.2. The van der Waals surface area contributed by atoms with Gasteiger partial charge in [0.25, 0.3) is 5.91 Å². The van der Waals surface area contributed by atoms with Crippen LogP contribution in [0.25, 0.3) is 0 Å². The molecule has 0 spiro atoms. The van der Waals surface area contributed by atoms with E-state index in [2.05, 4.69) is 15.7 Å². The van der Waals surface area contributed by atoms with Crippen LogP contribution >= 0.6 is 11.6 Å². The number of nitrogens with one attached hydrogen (secondary N) is 2. The Labute approximate surface area is 171 Å². The molecule has 1 aliphatic heterocycles. The molecule has 1 saturated heterocycles. The van der Waals surface area contributed by atoms with Crippen molar-refractivity contribution in [2.45, 2.75) is 0 Å². The van der Waals surface area contributed by atoms with Gasteiger partial charge in [0.2, 0.25) is 5.91 Å². The van der Waals surface area contributed by atoms with Crippen molar-refractivity contribution in [3.63, 3.8) is 0 Å². The molecule has 2 aromatic rings. The zero-order valence-electron chi connectivity index (χ0n) is 15.3. The maximum Gasteiger partial charge on any atom is 0.344 e. The SMILES string of the molecule is COc1cc(/C=N\N2CC(=O)NC2=O)ccc1OCC(=O)Nc1ccccc1Cl. The number of rotatable bonds is 7. The fourth-order valence-corrected chi connectivity index (χ4v) is 2.62. The van der Waals surface area contributed by atoms with Crippen molar-refractivity contribution in [2.75, 3.05) is 25.6 Å². The number of methoxy groups -OCH3 is 1. The molecule has 3 rings (SSSR count). The van der Waals surface area contributed by atoms with Crippen LogP contribution in [0.4, 0.5) is 10.5 Å². The molecule has 0 radical (unpaired) electrons. The van der Waals surface area contributed by atoms with Gasteiger partial charge >= 0.3 is 6.03 Å². The lowest BCUT2D eigenvalue weighted by atomic mass is 10.2. The molecular formula is C19H17ClN4O5. The zero-order chi connectivity index (χ0) is 20.8. The summed E-state index contributed by atoms with van der Waals surface area (Å²) < 4.78 is 10.8. The quantitative estimate of drug-likeness (QED) is 0.531. The number of carbonyl (C=O) groups excluding carboxylic acids is 3. The van der Waals surface area contributed by atoms with Crippen molar-refractivity contribution < 1.29 is 23.9 Å². The van der Waals surface area contributed by atoms with E-state index in [-0.39, 0.29) is 19.1 Å². The molecule has 1 aliphatic rings. The number of hydrogen-bond acceptors (Lipinski definition) is 6. The zero-order valence-corrected chi connectivity index (χ0v) is 16.1. The van der Waals surface area contributed by atoms with Crippen LogP contribution in [-0.4, -0.2) is 49.3 Å². The van der Waals surface area contributed by atoms with E-state index >= 15 is 0 Å². The predicted molar refractivity (Wildman–Crippen MR) is 106 cm³/mol. The minimum atomic E-state index is -0.581. The molecule has 29 heavy (non-hydrogen) atoms. The van der Waals surface area contributed by atoms with E-state index in [1.165, 1.54) is 13.3 Å². The Balaban J connectivity index is 1.61. The highest BCUT2D eigenvalue weighted by Crippen LogP contribution is 2.28. The van der Waals surface area contributed by atoms with Gasteiger partial charge in [0, 0.05) is 0 Å². The lowest BCUT2D eigenvalue weighted by Gasteiger charge is -2.12. The number of imide groups is 1. The Bertz CT molecular complexity index is 979. The van der Waals surface area contributed by atoms with Crippen molar-refractivity contribution in [2.24, 2.45) is 5.10 Å². The van der Waals surface area contributed by atoms with Crippen LogP contribution in [0, 0.1) is 0 Å². The summed E-state index contributed by atoms with van der Waals surface area (Å²) in [4.78, 5) is 34.7. The molecule has 0 saturated carbocycles. The second kappa shape index (κ2) is 9.07. The Hall–Kier alpha value is -3.59. The monoisotopic (exact) mass is 416 g/mol. The van der Waals surface area contributed by atoms with Crippen LogP contribution < -0.4 is 20.1 Å². The van der Waals surface area contributed by atoms with Gasteiger partial charge in [-0.05, 0) is 35.9 Å². The van der Waals surface area contributed by atoms with E-state index in [1.807, 2.05) is 0 Å². The first-order chi connectivity index (χ1) is 14.0. The van der Waals surface area contributed by atoms with Gasteiger partial charge in [-0.25, -0.2) is 9.80 Å². The smallest absolute Gasteiger partial charge is 0.344 e. The number of hydrazone groups is 1. The van der Waals surface area contributed by atoms with Crippen LogP contribution in [0.15, 0.2) is 47.6 Å². The lowest BCUT2D eigenvalue weighted by Crippen LogP contribution is -2.24. The van der Waals surface area contributed by atoms with Gasteiger partial charge in [-0.15, -0.1) is 0 Å². The van der Waals surface area contributed by atoms with Gasteiger partial charge in [0.1, 0.15) is 6.54 Å². The first-order valence-electron chi connectivity index (χ1n) is 8.47. The minimum absolute atomic E-state index is 0.131. The van der Waals surface area contributed by atoms with Crippen LogP contribution in [0.5, 0.6) is 11.5 Å². The molecule has 2 N–H and O–H groups in total. The molecule has 9 nitrogen and oxygen atoms in total. The Kier molecular flexibility index (Phi) is 6.30. The van der Waals surface area contributed by atoms with Crippen LogP contribution in [0.1, 0.15) is 5.56 Å². The Morgan fingerprint density at radius 2 is 2.07 bits per heavy atom. The van der Waals surface area contributed by atoms with E-state index in [0.717, 1.165) is 5.01 Å². The Morgan fingerprint density at radius 1 is 1.28 bits per heavy atom. The van der Waals surface area contributed by atoms with Crippen molar-refractivity contribution in [1.29, 1.82) is 0 Å². The lowest BCUT2D eigenvalue weighted by molar-refractivity contribution is -0.119. The molecule has 0 aromatic heterocycles. The number of halogens is 1. The van der Waals surface area contributed by atoms with Crippen LogP contribution in [0.2, 0.25) is 5.02 Å². The highest BCUT2D eigenvalue weighted by molar-refractivity contribution is 6.33. The van der Waals surface area contributed by atoms with Gasteiger partial charge < -0.3 is 14.8 Å². The molecule has 150 valence electrons. The molecule has 0 atom stereocenters. The molecular weight excluding hydrogens is 400 g/mol. The summed E-state index contributed by atoms with van der Waals surface area (Å²) >= 11 is 6.01. The van der Waals surface area contributed by atoms with E-state index < -0.39 is 11.9 Å². The summed E-state index contributed by atoms with van der Waals surface area (Å²) in [5.41, 5.74) is 1.10. The number of benzene rings is 2. The third kappa shape index (κ3) is 5.23. The maximum atomic E-state index is 12.1. The summed E-state index contributed by atoms with van der Waals surface area (Å²) in [6.45, 7) is -0.376. The van der Waals surface area contributed by atoms with E-state index in [4.69, 9.17) is 21.1 Å². The number of ether oxygens (including phenoxy) is 2. The molecule has 0 unspecified atom stereocenters. The summed E-state index contributed by atoms with van der Waals surface area (Å²) in [5.74, 6) is -0.0615. The van der Waals surface area contributed by atoms with E-state index in [1.54, 1.807) is 42.5 Å². The fraction of sp³-hybridized carbons (Fsp3) is 0.158. The average molecular weight is 417 g/mol. The highest BCUT2D eigenvalue weighted by Gasteiger charge is 2.25. The van der Waals surface area contributed by atoms with Crippen LogP contribution in [-0.2, 0) is 9.59 Å². The minimum Gasteiger partial charge on any atom is -0.493 e. The standard InChI is InChI=1S/C19H17ClN4O5/c1-28-16-8-12(9-21-24-10-17(25)23-19(24)27)6-7-15(16)29-11-18(26)22-14-5-3-2-4-13(14)20/h2-9H,10-11H2,1H3,(H,22,26)(H,23,25,27)/b21-9-. The fourth-order valence-electron chi connectivity index (χ4n) is 2.44. The number of para-hydroxylation sites is 1. The average Bonchev–Trinajstić information content (AvgIpc) is 3.03. The third-order valence-corrected chi connectivity index (χ3v) is 4.14. The van der Waals surface area contributed by atoms with E-state index in [0.29, 0.717) is 27.8 Å². The van der Waals surface area contributed by atoms with Crippen LogP contribution in [0.3, 0.4) is 0 Å². The number of urea groups is 1. The van der Waals surface area contributed by atoms with Crippen molar-refractivity contribution in [3.05, 3.63) is 53.1 Å². The largest absolute Gasteiger partial charge is 0.493 e. The number of nitrogens with zero attached hydrogens (tertiary/aromatic N) is 2. The van der Waals surface area contributed by atoms with Gasteiger partial charge in [-0.3, -0.25) is 14.9 Å². The second-order valence-corrected chi connectivity index (χ2v) is 6.29. The summed E-state index contributed by atoms with van der Waals surface area (Å²) in [6, 6.07) is 11.2. The van der Waals surface area contributed by atoms with E-state index in [9.17, 15) is 14.4 Å². The summed E-state index contributed by atoms with van der Waals surface area (Å²) in [5, 5.41) is 10.2. The summed E-state index contributed by atoms with van der Waals surface area (Å²) in [6.07, 6.45) is 1.41. The summed E-state index contributed by atoms with van der Waals surface area (Å²) in [7, 11) is 1.46. The molecule has 2 aromatic carbocycles. The molecule has 1 heterocycles. The molecule has 10 heteroatoms. The van der Waals surface area contributed by atoms with Gasteiger partial charge in [-0.2, -0.15) is 5.10 Å². The van der Waals surface area contributed by atoms with Crippen molar-refractivity contribution in [1.82, 2.24) is 10.3 Å². The van der Waals surface area contributed by atoms with Gasteiger partial charge in [0.15, 0.2) is 18.1 Å². The van der Waals surface area contributed by atoms with Crippen molar-refractivity contribution in [3.8, 4) is 11.5 Å². The maximum absolute atomic E-state index is 12.1. The molecule has 1 fully saturated rings. The first-order valence-corrected chi connectivity index (χ1v) is 8.84. The topological polar surface area (TPSA) is 109 Å². The van der Waals surface area contributed by atoms with Crippen molar-refractivity contribution >= 4 is 41.3 Å². The molecule has 4 amide bonds. The molecule has 0 aliphatic carbocycles. The second-order valence-electron chi connectivity index (χ2n) is 5.88. The highest BCUT2D eigenvalue weighted by atomic mass is 35.5. The number of hydrogen-bond donors (Lipinski definition) is 2. The Morgan fingerprint density at radius 3 is 2.76 bits per heavy atom. The van der Waals surface area contributed by atoms with Gasteiger partial charge in [0.05, 0.1) is 24.0 Å². The van der Waals surface area contributed by atoms with Gasteiger partial charge in [-0.1, -0.05) is 23.7 Å². The number of carbonyl (C=O) groups is 3. The predicted octanol–water partition coefficient (Wildman–Crippen LogP) is 2.25. The molecule has 0 bridgehead atoms.